The number of carbonyl (C=O) groups is 1. The molecule has 2 aromatic rings. The maximum absolute atomic E-state index is 12.7. The lowest BCUT2D eigenvalue weighted by Gasteiger charge is -2.28. The number of benzene rings is 1. The van der Waals surface area contributed by atoms with Crippen LogP contribution in [0.15, 0.2) is 43.1 Å². The van der Waals surface area contributed by atoms with Crippen molar-refractivity contribution >= 4 is 5.91 Å². The van der Waals surface area contributed by atoms with Crippen molar-refractivity contribution in [1.82, 2.24) is 10.3 Å². The lowest BCUT2D eigenvalue weighted by molar-refractivity contribution is -0.141. The van der Waals surface area contributed by atoms with Crippen LogP contribution in [0.2, 0.25) is 0 Å². The fraction of sp³-hybridized carbons (Fsp3) is 0.300. The molecule has 0 aliphatic carbocycles. The monoisotopic (exact) mass is 408 g/mol. The summed E-state index contributed by atoms with van der Waals surface area (Å²) in [5.41, 5.74) is -0.294. The van der Waals surface area contributed by atoms with Gasteiger partial charge in [-0.05, 0) is 37.3 Å². The summed E-state index contributed by atoms with van der Waals surface area (Å²) < 4.78 is 55.2. The molecular formula is C20H19F3N2O4. The molecule has 0 bridgehead atoms. The van der Waals surface area contributed by atoms with E-state index in [2.05, 4.69) is 16.9 Å². The first-order valence-corrected chi connectivity index (χ1v) is 8.90. The Morgan fingerprint density at radius 1 is 1.38 bits per heavy atom. The van der Waals surface area contributed by atoms with Crippen molar-refractivity contribution < 1.29 is 32.2 Å². The molecule has 154 valence electrons. The number of alkyl halides is 3. The van der Waals surface area contributed by atoms with Crippen molar-refractivity contribution in [3.8, 4) is 23.0 Å². The highest BCUT2D eigenvalue weighted by Crippen LogP contribution is 2.46. The zero-order chi connectivity index (χ0) is 21.0. The van der Waals surface area contributed by atoms with Gasteiger partial charge in [-0.1, -0.05) is 6.58 Å². The lowest BCUT2D eigenvalue weighted by Crippen LogP contribution is -2.31. The molecule has 9 heteroatoms. The second-order valence-electron chi connectivity index (χ2n) is 6.13. The maximum Gasteiger partial charge on any atom is 0.433 e. The van der Waals surface area contributed by atoms with E-state index < -0.39 is 11.9 Å². The molecule has 1 aliphatic heterocycles. The van der Waals surface area contributed by atoms with Crippen LogP contribution in [0.5, 0.6) is 23.0 Å². The maximum atomic E-state index is 12.7. The number of carbonyl (C=O) groups excluding carboxylic acids is 1. The van der Waals surface area contributed by atoms with Crippen molar-refractivity contribution in [2.24, 2.45) is 0 Å². The smallest absolute Gasteiger partial charge is 0.433 e. The van der Waals surface area contributed by atoms with Gasteiger partial charge >= 0.3 is 6.18 Å². The van der Waals surface area contributed by atoms with Crippen LogP contribution >= 0.6 is 0 Å². The van der Waals surface area contributed by atoms with Crippen molar-refractivity contribution in [2.45, 2.75) is 25.6 Å². The van der Waals surface area contributed by atoms with Crippen LogP contribution in [0, 0.1) is 0 Å². The molecule has 0 radical (unpaired) electrons. The molecule has 1 aromatic heterocycles. The minimum atomic E-state index is -4.53. The van der Waals surface area contributed by atoms with Crippen LogP contribution in [-0.2, 0) is 11.0 Å². The molecule has 1 N–H and O–H groups in total. The average molecular weight is 408 g/mol. The molecule has 6 nitrogen and oxygen atoms in total. The summed E-state index contributed by atoms with van der Waals surface area (Å²) in [5, 5.41) is 2.83. The number of hydrogen-bond acceptors (Lipinski definition) is 5. The summed E-state index contributed by atoms with van der Waals surface area (Å²) in [6, 6.07) is 5.07. The van der Waals surface area contributed by atoms with Crippen LogP contribution in [-0.4, -0.2) is 24.1 Å². The number of pyridine rings is 1. The highest BCUT2D eigenvalue weighted by atomic mass is 19.4. The van der Waals surface area contributed by atoms with Gasteiger partial charge in [-0.15, -0.1) is 0 Å². The normalized spacial score (nSPS) is 15.7. The number of nitrogens with zero attached hydrogens (tertiary/aromatic N) is 1. The topological polar surface area (TPSA) is 69.7 Å². The first-order valence-electron chi connectivity index (χ1n) is 8.90. The predicted octanol–water partition coefficient (Wildman–Crippen LogP) is 4.42. The Balaban J connectivity index is 1.92. The first kappa shape index (κ1) is 20.5. The average Bonchev–Trinajstić information content (AvgIpc) is 2.69. The van der Waals surface area contributed by atoms with Crippen molar-refractivity contribution in [2.75, 3.05) is 13.2 Å². The van der Waals surface area contributed by atoms with Crippen LogP contribution < -0.4 is 19.5 Å². The Morgan fingerprint density at radius 2 is 2.17 bits per heavy atom. The summed E-state index contributed by atoms with van der Waals surface area (Å²) in [6.45, 7) is 5.89. The third-order valence-electron chi connectivity index (χ3n) is 4.18. The molecule has 0 saturated heterocycles. The number of rotatable bonds is 6. The molecule has 0 fully saturated rings. The second-order valence-corrected chi connectivity index (χ2v) is 6.13. The third-order valence-corrected chi connectivity index (χ3v) is 4.18. The molecule has 29 heavy (non-hydrogen) atoms. The van der Waals surface area contributed by atoms with E-state index in [1.54, 1.807) is 19.1 Å². The van der Waals surface area contributed by atoms with Crippen LogP contribution in [0.3, 0.4) is 0 Å². The first-order chi connectivity index (χ1) is 13.8. The van der Waals surface area contributed by atoms with Gasteiger partial charge in [0.2, 0.25) is 11.7 Å². The summed E-state index contributed by atoms with van der Waals surface area (Å²) in [6.07, 6.45) is -1.78. The highest BCUT2D eigenvalue weighted by Gasteiger charge is 2.32. The standard InChI is InChI=1S/C20H19F3N2O4/c1-3-17(26)25-14-9-10-28-18-13(14)6-7-15(19(18)27-4-2)29-12-5-8-16(24-11-12)20(21,22)23/h3,5-8,11,14H,1,4,9-10H2,2H3,(H,25,26). The molecule has 1 amide bonds. The Kier molecular flexibility index (Phi) is 5.95. The van der Waals surface area contributed by atoms with Crippen LogP contribution in [0.4, 0.5) is 13.2 Å². The van der Waals surface area contributed by atoms with Gasteiger partial charge in [-0.2, -0.15) is 13.2 Å². The van der Waals surface area contributed by atoms with E-state index in [4.69, 9.17) is 14.2 Å². The molecule has 0 spiro atoms. The van der Waals surface area contributed by atoms with E-state index in [9.17, 15) is 18.0 Å². The van der Waals surface area contributed by atoms with Crippen molar-refractivity contribution in [3.63, 3.8) is 0 Å². The number of nitrogens with one attached hydrogen (secondary N) is 1. The summed E-state index contributed by atoms with van der Waals surface area (Å²) in [5.74, 6) is 0.804. The molecule has 3 rings (SSSR count). The minimum Gasteiger partial charge on any atom is -0.489 e. The fourth-order valence-corrected chi connectivity index (χ4v) is 2.89. The highest BCUT2D eigenvalue weighted by molar-refractivity contribution is 5.87. The molecule has 1 aliphatic rings. The van der Waals surface area contributed by atoms with Gasteiger partial charge in [0, 0.05) is 12.0 Å². The Hall–Kier alpha value is -3.23. The summed E-state index contributed by atoms with van der Waals surface area (Å²) in [7, 11) is 0. The van der Waals surface area contributed by atoms with Gasteiger partial charge in [0.15, 0.2) is 11.5 Å². The minimum absolute atomic E-state index is 0.117. The number of ether oxygens (including phenoxy) is 3. The van der Waals surface area contributed by atoms with E-state index in [1.807, 2.05) is 0 Å². The third kappa shape index (κ3) is 4.61. The van der Waals surface area contributed by atoms with E-state index in [0.717, 1.165) is 12.3 Å². The lowest BCUT2D eigenvalue weighted by atomic mass is 9.99. The summed E-state index contributed by atoms with van der Waals surface area (Å²) in [4.78, 5) is 15.1. The zero-order valence-electron chi connectivity index (χ0n) is 15.6. The fourth-order valence-electron chi connectivity index (χ4n) is 2.89. The Morgan fingerprint density at radius 3 is 2.79 bits per heavy atom. The Bertz CT molecular complexity index is 898. The van der Waals surface area contributed by atoms with Crippen LogP contribution in [0.1, 0.15) is 30.6 Å². The molecule has 1 atom stereocenters. The van der Waals surface area contributed by atoms with Gasteiger partial charge in [-0.3, -0.25) is 4.79 Å². The Labute approximate surface area is 165 Å². The van der Waals surface area contributed by atoms with Crippen molar-refractivity contribution in [3.05, 3.63) is 54.4 Å². The van der Waals surface area contributed by atoms with Crippen molar-refractivity contribution in [1.29, 1.82) is 0 Å². The summed E-state index contributed by atoms with van der Waals surface area (Å²) >= 11 is 0. The van der Waals surface area contributed by atoms with E-state index in [0.29, 0.717) is 36.7 Å². The van der Waals surface area contributed by atoms with E-state index in [-0.39, 0.29) is 23.4 Å². The van der Waals surface area contributed by atoms with Crippen LogP contribution in [0.25, 0.3) is 0 Å². The SMILES string of the molecule is C=CC(=O)NC1CCOc2c1ccc(Oc1ccc(C(F)(F)F)nc1)c2OCC. The van der Waals surface area contributed by atoms with Gasteiger partial charge in [0.25, 0.3) is 0 Å². The molecule has 1 unspecified atom stereocenters. The quantitative estimate of drug-likeness (QED) is 0.717. The number of hydrogen-bond donors (Lipinski definition) is 1. The second kappa shape index (κ2) is 8.42. The molecule has 1 aromatic carbocycles. The van der Waals surface area contributed by atoms with Gasteiger partial charge < -0.3 is 19.5 Å². The molecule has 2 heterocycles. The number of aromatic nitrogens is 1. The van der Waals surface area contributed by atoms with Gasteiger partial charge in [0.05, 0.1) is 25.5 Å². The number of halogens is 3. The van der Waals surface area contributed by atoms with E-state index in [1.165, 1.54) is 12.1 Å². The predicted molar refractivity (Wildman–Crippen MR) is 98.1 cm³/mol. The van der Waals surface area contributed by atoms with E-state index >= 15 is 0 Å². The number of fused-ring (bicyclic) bond motifs is 1. The van der Waals surface area contributed by atoms with Gasteiger partial charge in [0.1, 0.15) is 11.4 Å². The zero-order valence-corrected chi connectivity index (χ0v) is 15.6. The van der Waals surface area contributed by atoms with Gasteiger partial charge in [-0.25, -0.2) is 4.98 Å². The molecular weight excluding hydrogens is 389 g/mol. The molecule has 0 saturated carbocycles. The number of amides is 1. The largest absolute Gasteiger partial charge is 0.489 e.